The first-order chi connectivity index (χ1) is 16.6. The van der Waals surface area contributed by atoms with Crippen molar-refractivity contribution in [3.05, 3.63) is 94.2 Å². The second kappa shape index (κ2) is 9.55. The molecule has 0 aliphatic carbocycles. The molecule has 5 rings (SSSR count). The van der Waals surface area contributed by atoms with Crippen molar-refractivity contribution >= 4 is 22.8 Å². The predicted molar refractivity (Wildman–Crippen MR) is 132 cm³/mol. The first-order valence-corrected chi connectivity index (χ1v) is 11.7. The molecule has 0 saturated carbocycles. The fourth-order valence-electron chi connectivity index (χ4n) is 4.53. The van der Waals surface area contributed by atoms with Gasteiger partial charge in [0, 0.05) is 13.1 Å². The third kappa shape index (κ3) is 4.59. The molecule has 7 nitrogen and oxygen atoms in total. The minimum atomic E-state index is -0.207. The zero-order chi connectivity index (χ0) is 23.5. The van der Waals surface area contributed by atoms with E-state index in [1.165, 1.54) is 5.56 Å². The summed E-state index contributed by atoms with van der Waals surface area (Å²) in [5.41, 5.74) is 3.69. The van der Waals surface area contributed by atoms with Crippen LogP contribution in [0.5, 0.6) is 0 Å². The number of hydrogen-bond acceptors (Lipinski definition) is 5. The van der Waals surface area contributed by atoms with Crippen LogP contribution >= 0.6 is 0 Å². The number of benzene rings is 2. The van der Waals surface area contributed by atoms with E-state index in [0.717, 1.165) is 35.2 Å². The van der Waals surface area contributed by atoms with Crippen molar-refractivity contribution in [1.82, 2.24) is 14.9 Å². The van der Waals surface area contributed by atoms with E-state index in [-0.39, 0.29) is 17.4 Å². The number of amides is 1. The van der Waals surface area contributed by atoms with Gasteiger partial charge in [-0.2, -0.15) is 0 Å². The molecule has 1 N–H and O–H groups in total. The molecule has 34 heavy (non-hydrogen) atoms. The highest BCUT2D eigenvalue weighted by Crippen LogP contribution is 2.22. The Morgan fingerprint density at radius 3 is 2.74 bits per heavy atom. The lowest BCUT2D eigenvalue weighted by Crippen LogP contribution is -2.45. The maximum absolute atomic E-state index is 13.7. The van der Waals surface area contributed by atoms with E-state index < -0.39 is 0 Å². The summed E-state index contributed by atoms with van der Waals surface area (Å²) in [5, 5.41) is 2.96. The summed E-state index contributed by atoms with van der Waals surface area (Å²) in [6.45, 7) is 4.05. The molecule has 0 bridgehead atoms. The molecular weight excluding hydrogens is 428 g/mol. The number of aromatic nitrogens is 2. The van der Waals surface area contributed by atoms with Crippen molar-refractivity contribution in [2.24, 2.45) is 5.92 Å². The van der Waals surface area contributed by atoms with Crippen molar-refractivity contribution in [2.45, 2.75) is 32.9 Å². The fraction of sp³-hybridized carbons (Fsp3) is 0.296. The number of carbonyl (C=O) groups is 1. The highest BCUT2D eigenvalue weighted by atomic mass is 16.3. The molecule has 1 fully saturated rings. The van der Waals surface area contributed by atoms with Gasteiger partial charge in [-0.15, -0.1) is 0 Å². The molecule has 4 aromatic rings. The van der Waals surface area contributed by atoms with E-state index in [0.29, 0.717) is 32.0 Å². The summed E-state index contributed by atoms with van der Waals surface area (Å²) in [6, 6.07) is 19.6. The topological polar surface area (TPSA) is 80.4 Å². The largest absolute Gasteiger partial charge is 0.467 e. The van der Waals surface area contributed by atoms with Crippen LogP contribution in [0.4, 0.5) is 5.82 Å². The molecule has 1 amide bonds. The van der Waals surface area contributed by atoms with Gasteiger partial charge in [-0.3, -0.25) is 14.2 Å². The van der Waals surface area contributed by atoms with Crippen LogP contribution in [0.1, 0.15) is 29.7 Å². The molecule has 0 unspecified atom stereocenters. The number of piperidine rings is 1. The van der Waals surface area contributed by atoms with Gasteiger partial charge in [0.15, 0.2) is 5.82 Å². The van der Waals surface area contributed by atoms with E-state index in [1.54, 1.807) is 16.9 Å². The van der Waals surface area contributed by atoms with Crippen LogP contribution in [0.25, 0.3) is 11.0 Å². The zero-order valence-corrected chi connectivity index (χ0v) is 19.2. The number of fused-ring (bicyclic) bond motifs is 1. The number of carbonyl (C=O) groups excluding carboxylic acids is 1. The number of aryl methyl sites for hydroxylation is 1. The average molecular weight is 457 g/mol. The van der Waals surface area contributed by atoms with Crippen molar-refractivity contribution in [3.63, 3.8) is 0 Å². The summed E-state index contributed by atoms with van der Waals surface area (Å²) < 4.78 is 7.10. The Labute approximate surface area is 198 Å². The third-order valence-corrected chi connectivity index (χ3v) is 6.41. The van der Waals surface area contributed by atoms with Crippen LogP contribution in [0.2, 0.25) is 0 Å². The van der Waals surface area contributed by atoms with Gasteiger partial charge >= 0.3 is 0 Å². The van der Waals surface area contributed by atoms with Gasteiger partial charge in [0.05, 0.1) is 36.3 Å². The lowest BCUT2D eigenvalue weighted by Gasteiger charge is -2.32. The molecule has 3 heterocycles. The standard InChI is InChI=1S/C27H28N4O3/c1-19-10-12-20(13-11-19)17-31-24-9-3-2-8-23(24)29-25(27(31)33)30-14-4-6-21(18-30)26(32)28-16-22-7-5-15-34-22/h2-3,5,7-13,15,21H,4,6,14,16-18H2,1H3,(H,28,32)/t21-/m0/s1. The fourth-order valence-corrected chi connectivity index (χ4v) is 4.53. The third-order valence-electron chi connectivity index (χ3n) is 6.41. The molecule has 174 valence electrons. The van der Waals surface area contributed by atoms with E-state index >= 15 is 0 Å². The van der Waals surface area contributed by atoms with Crippen molar-refractivity contribution in [1.29, 1.82) is 0 Å². The number of anilines is 1. The first kappa shape index (κ1) is 21.9. The number of nitrogens with one attached hydrogen (secondary N) is 1. The smallest absolute Gasteiger partial charge is 0.294 e. The van der Waals surface area contributed by atoms with E-state index in [4.69, 9.17) is 9.40 Å². The van der Waals surface area contributed by atoms with Gasteiger partial charge in [-0.25, -0.2) is 4.98 Å². The van der Waals surface area contributed by atoms with Crippen LogP contribution in [-0.2, 0) is 17.9 Å². The van der Waals surface area contributed by atoms with Crippen molar-refractivity contribution < 1.29 is 9.21 Å². The van der Waals surface area contributed by atoms with E-state index in [1.807, 2.05) is 42.2 Å². The Bertz CT molecular complexity index is 1340. The highest BCUT2D eigenvalue weighted by Gasteiger charge is 2.28. The second-order valence-electron chi connectivity index (χ2n) is 8.88. The lowest BCUT2D eigenvalue weighted by atomic mass is 9.97. The van der Waals surface area contributed by atoms with Crippen LogP contribution in [0.3, 0.4) is 0 Å². The predicted octanol–water partition coefficient (Wildman–Crippen LogP) is 3.88. The Hall–Kier alpha value is -3.87. The van der Waals surface area contributed by atoms with Crippen LogP contribution in [0, 0.1) is 12.8 Å². The molecule has 1 saturated heterocycles. The minimum Gasteiger partial charge on any atom is -0.467 e. The number of para-hydroxylation sites is 2. The first-order valence-electron chi connectivity index (χ1n) is 11.7. The number of hydrogen-bond donors (Lipinski definition) is 1. The summed E-state index contributed by atoms with van der Waals surface area (Å²) in [5.74, 6) is 0.898. The molecular formula is C27H28N4O3. The number of furan rings is 1. The van der Waals surface area contributed by atoms with E-state index in [9.17, 15) is 9.59 Å². The SMILES string of the molecule is Cc1ccc(Cn2c(=O)c(N3CCC[C@H](C(=O)NCc4ccco4)C3)nc3ccccc32)cc1. The Kier molecular flexibility index (Phi) is 6.16. The van der Waals surface area contributed by atoms with Gasteiger partial charge in [0.2, 0.25) is 5.91 Å². The van der Waals surface area contributed by atoms with Gasteiger partial charge < -0.3 is 14.6 Å². The summed E-state index contributed by atoms with van der Waals surface area (Å²) in [6.07, 6.45) is 3.20. The Balaban J connectivity index is 1.42. The Morgan fingerprint density at radius 2 is 1.94 bits per heavy atom. The van der Waals surface area contributed by atoms with Crippen LogP contribution in [0.15, 0.2) is 76.1 Å². The summed E-state index contributed by atoms with van der Waals surface area (Å²) in [4.78, 5) is 33.2. The number of nitrogens with zero attached hydrogens (tertiary/aromatic N) is 3. The molecule has 1 aliphatic heterocycles. The van der Waals surface area contributed by atoms with Crippen LogP contribution < -0.4 is 15.8 Å². The van der Waals surface area contributed by atoms with Crippen LogP contribution in [-0.4, -0.2) is 28.5 Å². The normalized spacial score (nSPS) is 16.0. The van der Waals surface area contributed by atoms with E-state index in [2.05, 4.69) is 29.6 Å². The van der Waals surface area contributed by atoms with Gasteiger partial charge in [-0.05, 0) is 49.6 Å². The molecule has 2 aromatic heterocycles. The summed E-state index contributed by atoms with van der Waals surface area (Å²) >= 11 is 0. The van der Waals surface area contributed by atoms with Gasteiger partial charge in [0.1, 0.15) is 5.76 Å². The van der Waals surface area contributed by atoms with Crippen molar-refractivity contribution in [2.75, 3.05) is 18.0 Å². The Morgan fingerprint density at radius 1 is 1.12 bits per heavy atom. The molecule has 0 radical (unpaired) electrons. The molecule has 0 spiro atoms. The highest BCUT2D eigenvalue weighted by molar-refractivity contribution is 5.80. The van der Waals surface area contributed by atoms with Gasteiger partial charge in [0.25, 0.3) is 5.56 Å². The molecule has 1 atom stereocenters. The maximum atomic E-state index is 13.7. The molecule has 1 aliphatic rings. The minimum absolute atomic E-state index is 0.0260. The lowest BCUT2D eigenvalue weighted by molar-refractivity contribution is -0.125. The maximum Gasteiger partial charge on any atom is 0.294 e. The zero-order valence-electron chi connectivity index (χ0n) is 19.2. The second-order valence-corrected chi connectivity index (χ2v) is 8.88. The quantitative estimate of drug-likeness (QED) is 0.476. The average Bonchev–Trinajstić information content (AvgIpc) is 3.39. The molecule has 2 aromatic carbocycles. The number of rotatable bonds is 6. The van der Waals surface area contributed by atoms with Gasteiger partial charge in [-0.1, -0.05) is 42.0 Å². The molecule has 7 heteroatoms. The van der Waals surface area contributed by atoms with Crippen molar-refractivity contribution in [3.8, 4) is 0 Å². The monoisotopic (exact) mass is 456 g/mol. The summed E-state index contributed by atoms with van der Waals surface area (Å²) in [7, 11) is 0.